The van der Waals surface area contributed by atoms with Gasteiger partial charge in [0.15, 0.2) is 0 Å². The van der Waals surface area contributed by atoms with E-state index < -0.39 is 6.10 Å². The summed E-state index contributed by atoms with van der Waals surface area (Å²) in [5.74, 6) is 0. The molecule has 1 unspecified atom stereocenters. The Morgan fingerprint density at radius 3 is 2.81 bits per heavy atom. The number of anilines is 1. The fraction of sp³-hybridized carbons (Fsp3) is 0.533. The quantitative estimate of drug-likeness (QED) is 0.685. The molecule has 0 fully saturated rings. The maximum atomic E-state index is 9.80. The highest BCUT2D eigenvalue weighted by Crippen LogP contribution is 2.22. The topological polar surface area (TPSA) is 74.5 Å². The molecule has 0 amide bonds. The lowest BCUT2D eigenvalue weighted by molar-refractivity contribution is -0.00734. The van der Waals surface area contributed by atoms with Gasteiger partial charge in [0.2, 0.25) is 0 Å². The second kappa shape index (κ2) is 9.59. The molecule has 0 bridgehead atoms. The van der Waals surface area contributed by atoms with E-state index in [0.29, 0.717) is 36.0 Å². The van der Waals surface area contributed by atoms with Crippen molar-refractivity contribution in [3.8, 4) is 6.07 Å². The third-order valence-electron chi connectivity index (χ3n) is 2.61. The Balaban J connectivity index is 2.27. The fourth-order valence-corrected chi connectivity index (χ4v) is 1.76. The van der Waals surface area contributed by atoms with Crippen molar-refractivity contribution in [3.63, 3.8) is 0 Å². The van der Waals surface area contributed by atoms with Crippen molar-refractivity contribution in [3.05, 3.63) is 28.8 Å². The van der Waals surface area contributed by atoms with Gasteiger partial charge in [-0.3, -0.25) is 0 Å². The van der Waals surface area contributed by atoms with E-state index in [2.05, 4.69) is 5.32 Å². The minimum absolute atomic E-state index is 0.176. The molecule has 0 aromatic heterocycles. The van der Waals surface area contributed by atoms with Crippen LogP contribution in [0.5, 0.6) is 0 Å². The molecule has 0 saturated carbocycles. The Morgan fingerprint density at radius 1 is 1.38 bits per heavy atom. The van der Waals surface area contributed by atoms with Crippen LogP contribution >= 0.6 is 11.6 Å². The van der Waals surface area contributed by atoms with Gasteiger partial charge in [-0.25, -0.2) is 0 Å². The molecule has 0 aliphatic carbocycles. The van der Waals surface area contributed by atoms with E-state index in [4.69, 9.17) is 26.3 Å². The van der Waals surface area contributed by atoms with E-state index in [0.717, 1.165) is 0 Å². The zero-order valence-electron chi connectivity index (χ0n) is 12.3. The van der Waals surface area contributed by atoms with Crippen LogP contribution < -0.4 is 5.32 Å². The first-order valence-corrected chi connectivity index (χ1v) is 7.21. The number of benzene rings is 1. The number of hydrogen-bond donors (Lipinski definition) is 2. The van der Waals surface area contributed by atoms with Gasteiger partial charge in [0.05, 0.1) is 54.4 Å². The van der Waals surface area contributed by atoms with E-state index in [1.807, 2.05) is 19.9 Å². The molecular weight excluding hydrogens is 292 g/mol. The van der Waals surface area contributed by atoms with E-state index in [9.17, 15) is 5.11 Å². The van der Waals surface area contributed by atoms with Gasteiger partial charge in [0.25, 0.3) is 0 Å². The smallest absolute Gasteiger partial charge is 0.0992 e. The van der Waals surface area contributed by atoms with Gasteiger partial charge in [0, 0.05) is 6.54 Å². The summed E-state index contributed by atoms with van der Waals surface area (Å²) in [7, 11) is 0. The predicted octanol–water partition coefficient (Wildman–Crippen LogP) is 2.43. The summed E-state index contributed by atoms with van der Waals surface area (Å²) in [6.45, 7) is 5.37. The molecule has 1 atom stereocenters. The van der Waals surface area contributed by atoms with Crippen LogP contribution in [0, 0.1) is 11.3 Å². The van der Waals surface area contributed by atoms with E-state index in [1.54, 1.807) is 18.2 Å². The van der Waals surface area contributed by atoms with Crippen LogP contribution in [0.2, 0.25) is 5.02 Å². The minimum atomic E-state index is -0.661. The maximum absolute atomic E-state index is 9.80. The molecule has 0 aliphatic heterocycles. The van der Waals surface area contributed by atoms with Gasteiger partial charge < -0.3 is 19.9 Å². The molecule has 0 saturated heterocycles. The maximum Gasteiger partial charge on any atom is 0.0992 e. The van der Waals surface area contributed by atoms with Gasteiger partial charge in [-0.2, -0.15) is 5.26 Å². The van der Waals surface area contributed by atoms with Crippen molar-refractivity contribution in [1.29, 1.82) is 5.26 Å². The first kappa shape index (κ1) is 17.7. The molecule has 21 heavy (non-hydrogen) atoms. The highest BCUT2D eigenvalue weighted by Gasteiger charge is 2.07. The van der Waals surface area contributed by atoms with Crippen LogP contribution in [-0.2, 0) is 9.47 Å². The van der Waals surface area contributed by atoms with Gasteiger partial charge in [-0.05, 0) is 32.0 Å². The second-order valence-corrected chi connectivity index (χ2v) is 5.24. The number of nitrogens with one attached hydrogen (secondary N) is 1. The number of aliphatic hydroxyl groups is 1. The number of halogens is 1. The monoisotopic (exact) mass is 312 g/mol. The lowest BCUT2D eigenvalue weighted by Crippen LogP contribution is -2.26. The number of aliphatic hydroxyl groups excluding tert-OH is 1. The molecular formula is C15H21ClN2O3. The molecule has 1 aromatic carbocycles. The molecule has 0 heterocycles. The Kier molecular flexibility index (Phi) is 8.09. The first-order chi connectivity index (χ1) is 10.0. The molecule has 0 radical (unpaired) electrons. The number of nitriles is 1. The number of rotatable bonds is 9. The van der Waals surface area contributed by atoms with Crippen LogP contribution in [0.1, 0.15) is 19.4 Å². The molecule has 0 spiro atoms. The van der Waals surface area contributed by atoms with Crippen molar-refractivity contribution in [1.82, 2.24) is 0 Å². The number of ether oxygens (including phenoxy) is 2. The van der Waals surface area contributed by atoms with Crippen LogP contribution in [0.25, 0.3) is 0 Å². The largest absolute Gasteiger partial charge is 0.389 e. The molecule has 1 aromatic rings. The molecule has 5 nitrogen and oxygen atoms in total. The third kappa shape index (κ3) is 7.30. The van der Waals surface area contributed by atoms with Crippen molar-refractivity contribution >= 4 is 17.3 Å². The van der Waals surface area contributed by atoms with E-state index in [1.165, 1.54) is 0 Å². The minimum Gasteiger partial charge on any atom is -0.389 e. The predicted molar refractivity (Wildman–Crippen MR) is 82.6 cm³/mol. The lowest BCUT2D eigenvalue weighted by Gasteiger charge is -2.14. The van der Waals surface area contributed by atoms with Crippen LogP contribution in [0.4, 0.5) is 5.69 Å². The van der Waals surface area contributed by atoms with Gasteiger partial charge in [-0.15, -0.1) is 0 Å². The highest BCUT2D eigenvalue weighted by molar-refractivity contribution is 6.33. The van der Waals surface area contributed by atoms with Crippen LogP contribution in [0.3, 0.4) is 0 Å². The number of hydrogen-bond acceptors (Lipinski definition) is 5. The van der Waals surface area contributed by atoms with E-state index in [-0.39, 0.29) is 12.7 Å². The van der Waals surface area contributed by atoms with Crippen molar-refractivity contribution in [2.45, 2.75) is 26.1 Å². The first-order valence-electron chi connectivity index (χ1n) is 6.84. The summed E-state index contributed by atoms with van der Waals surface area (Å²) in [6, 6.07) is 6.97. The molecule has 6 heteroatoms. The highest BCUT2D eigenvalue weighted by atomic mass is 35.5. The SMILES string of the molecule is CC(C)OCCOCC(O)CNc1cc(C#N)ccc1Cl. The van der Waals surface area contributed by atoms with E-state index >= 15 is 0 Å². The van der Waals surface area contributed by atoms with Gasteiger partial charge >= 0.3 is 0 Å². The third-order valence-corrected chi connectivity index (χ3v) is 2.94. The Morgan fingerprint density at radius 2 is 2.14 bits per heavy atom. The van der Waals surface area contributed by atoms with Gasteiger partial charge in [0.1, 0.15) is 0 Å². The molecule has 0 aliphatic rings. The summed E-state index contributed by atoms with van der Waals surface area (Å²) < 4.78 is 10.6. The summed E-state index contributed by atoms with van der Waals surface area (Å²) in [5.41, 5.74) is 1.14. The summed E-state index contributed by atoms with van der Waals surface area (Å²) in [6.07, 6.45) is -0.486. The Labute approximate surface area is 130 Å². The Bertz CT molecular complexity index is 474. The average molecular weight is 313 g/mol. The zero-order valence-corrected chi connectivity index (χ0v) is 13.1. The lowest BCUT2D eigenvalue weighted by atomic mass is 10.2. The summed E-state index contributed by atoms with van der Waals surface area (Å²) >= 11 is 6.01. The normalized spacial score (nSPS) is 12.2. The standard InChI is InChI=1S/C15H21ClN2O3/c1-11(2)21-6-5-20-10-13(19)9-18-15-7-12(8-17)3-4-14(15)16/h3-4,7,11,13,18-19H,5-6,9-10H2,1-2H3. The van der Waals surface area contributed by atoms with Crippen LogP contribution in [-0.4, -0.2) is 43.7 Å². The summed E-state index contributed by atoms with van der Waals surface area (Å²) in [4.78, 5) is 0. The van der Waals surface area contributed by atoms with Crippen molar-refractivity contribution in [2.75, 3.05) is 31.7 Å². The van der Waals surface area contributed by atoms with Crippen molar-refractivity contribution in [2.24, 2.45) is 0 Å². The zero-order chi connectivity index (χ0) is 15.7. The van der Waals surface area contributed by atoms with Crippen LogP contribution in [0.15, 0.2) is 18.2 Å². The average Bonchev–Trinajstić information content (AvgIpc) is 2.45. The second-order valence-electron chi connectivity index (χ2n) is 4.84. The molecule has 2 N–H and O–H groups in total. The van der Waals surface area contributed by atoms with Gasteiger partial charge in [-0.1, -0.05) is 11.6 Å². The fourth-order valence-electron chi connectivity index (χ4n) is 1.58. The van der Waals surface area contributed by atoms with Crippen molar-refractivity contribution < 1.29 is 14.6 Å². The molecule has 116 valence electrons. The Hall–Kier alpha value is -1.32. The number of nitrogens with zero attached hydrogens (tertiary/aromatic N) is 1. The summed E-state index contributed by atoms with van der Waals surface area (Å²) in [5, 5.41) is 22.1. The molecule has 1 rings (SSSR count).